The summed E-state index contributed by atoms with van der Waals surface area (Å²) in [7, 11) is 1.87. The fourth-order valence-corrected chi connectivity index (χ4v) is 10.7. The van der Waals surface area contributed by atoms with Gasteiger partial charge in [0, 0.05) is 13.3 Å². The summed E-state index contributed by atoms with van der Waals surface area (Å²) in [4.78, 5) is 0. The Morgan fingerprint density at radius 2 is 1.94 bits per heavy atom. The molecule has 1 heterocycles. The van der Waals surface area contributed by atoms with E-state index in [1.54, 1.807) is 6.20 Å². The largest absolute Gasteiger partial charge is 0.390 e. The monoisotopic (exact) mass is 465 g/mol. The lowest BCUT2D eigenvalue weighted by Crippen LogP contribution is -2.57. The number of ether oxygens (including phenoxy) is 1. The molecule has 0 radical (unpaired) electrons. The van der Waals surface area contributed by atoms with Crippen molar-refractivity contribution >= 4 is 0 Å². The first-order valence-corrected chi connectivity index (χ1v) is 13.9. The van der Waals surface area contributed by atoms with Crippen molar-refractivity contribution in [3.05, 3.63) is 18.0 Å². The summed E-state index contributed by atoms with van der Waals surface area (Å²) >= 11 is 0. The summed E-state index contributed by atoms with van der Waals surface area (Å²) < 4.78 is 8.22. The summed E-state index contributed by atoms with van der Waals surface area (Å²) in [6.45, 7) is 8.02. The molecule has 0 saturated heterocycles. The first-order chi connectivity index (χ1) is 16.2. The molecule has 5 saturated carbocycles. The van der Waals surface area contributed by atoms with Gasteiger partial charge in [-0.25, -0.2) is 0 Å². The number of aromatic nitrogens is 2. The Bertz CT molecular complexity index is 1000. The summed E-state index contributed by atoms with van der Waals surface area (Å²) in [5.41, 5.74) is 0.808. The molecule has 0 bridgehead atoms. The van der Waals surface area contributed by atoms with Gasteiger partial charge in [-0.1, -0.05) is 13.8 Å². The number of nitrogens with zero attached hydrogens (tertiary/aromatic N) is 3. The molecule has 0 spiro atoms. The van der Waals surface area contributed by atoms with Crippen molar-refractivity contribution in [3.8, 4) is 6.07 Å². The highest BCUT2D eigenvalue weighted by Crippen LogP contribution is 2.74. The van der Waals surface area contributed by atoms with Crippen LogP contribution < -0.4 is 0 Å². The van der Waals surface area contributed by atoms with Gasteiger partial charge < -0.3 is 9.84 Å². The molecule has 186 valence electrons. The second-order valence-electron chi connectivity index (χ2n) is 13.3. The predicted octanol–water partition coefficient (Wildman–Crippen LogP) is 5.57. The first-order valence-electron chi connectivity index (χ1n) is 13.9. The zero-order valence-electron chi connectivity index (χ0n) is 21.6. The van der Waals surface area contributed by atoms with Gasteiger partial charge in [0.2, 0.25) is 0 Å². The maximum atomic E-state index is 10.9. The Morgan fingerprint density at radius 3 is 2.65 bits per heavy atom. The molecule has 5 fully saturated rings. The standard InChI is InChI=1S/C29H43N3O2/c1-5-28-12-13-29(33)14-24(29)23(28)7-6-20-21-8-9-25(26(21,2)11-10-22(20)28)27(3,34-4)18-32-17-19(15-30)16-31-32/h16-17,20-25,33H,5-14,18H2,1-4H3/t20-,21-,22-,23+,24?,25-,26-,27-,28+,29-/m0/s1. The molecule has 1 aromatic heterocycles. The highest BCUT2D eigenvalue weighted by atomic mass is 16.5. The Morgan fingerprint density at radius 1 is 1.15 bits per heavy atom. The molecule has 1 N–H and O–H groups in total. The molecule has 5 nitrogen and oxygen atoms in total. The molecule has 34 heavy (non-hydrogen) atoms. The highest BCUT2D eigenvalue weighted by Gasteiger charge is 2.70. The van der Waals surface area contributed by atoms with Gasteiger partial charge in [0.25, 0.3) is 0 Å². The molecule has 1 unspecified atom stereocenters. The maximum absolute atomic E-state index is 10.9. The van der Waals surface area contributed by atoms with E-state index in [1.165, 1.54) is 51.4 Å². The van der Waals surface area contributed by atoms with Crippen LogP contribution >= 0.6 is 0 Å². The molecule has 10 atom stereocenters. The fraction of sp³-hybridized carbons (Fsp3) is 0.862. The number of aliphatic hydroxyl groups is 1. The first kappa shape index (κ1) is 23.0. The topological polar surface area (TPSA) is 71.1 Å². The van der Waals surface area contributed by atoms with Crippen molar-refractivity contribution in [2.24, 2.45) is 46.3 Å². The van der Waals surface area contributed by atoms with E-state index in [9.17, 15) is 10.4 Å². The van der Waals surface area contributed by atoms with Gasteiger partial charge in [-0.15, -0.1) is 0 Å². The van der Waals surface area contributed by atoms with Gasteiger partial charge in [0.05, 0.1) is 29.5 Å². The average molecular weight is 466 g/mol. The Kier molecular flexibility index (Phi) is 5.12. The number of rotatable bonds is 5. The van der Waals surface area contributed by atoms with Crippen LogP contribution in [0.15, 0.2) is 12.4 Å². The predicted molar refractivity (Wildman–Crippen MR) is 131 cm³/mol. The van der Waals surface area contributed by atoms with E-state index >= 15 is 0 Å². The Labute approximate surface area is 205 Å². The minimum atomic E-state index is -0.296. The van der Waals surface area contributed by atoms with Crippen LogP contribution in [0.25, 0.3) is 0 Å². The molecule has 0 aliphatic heterocycles. The van der Waals surface area contributed by atoms with Crippen molar-refractivity contribution in [1.82, 2.24) is 9.78 Å². The van der Waals surface area contributed by atoms with Gasteiger partial charge >= 0.3 is 0 Å². The molecule has 0 aromatic carbocycles. The van der Waals surface area contributed by atoms with Crippen molar-refractivity contribution in [1.29, 1.82) is 5.26 Å². The zero-order valence-corrected chi connectivity index (χ0v) is 21.6. The Balaban J connectivity index is 1.27. The van der Waals surface area contributed by atoms with Crippen molar-refractivity contribution in [3.63, 3.8) is 0 Å². The average Bonchev–Trinajstić information content (AvgIpc) is 3.15. The number of nitriles is 1. The van der Waals surface area contributed by atoms with Crippen molar-refractivity contribution in [2.45, 2.75) is 103 Å². The lowest BCUT2D eigenvalue weighted by molar-refractivity contribution is -0.160. The lowest BCUT2D eigenvalue weighted by Gasteiger charge is -2.62. The fourth-order valence-electron chi connectivity index (χ4n) is 10.7. The van der Waals surface area contributed by atoms with Gasteiger partial charge in [0.1, 0.15) is 6.07 Å². The summed E-state index contributed by atoms with van der Waals surface area (Å²) in [5.74, 6) is 4.31. The molecular weight excluding hydrogens is 422 g/mol. The lowest BCUT2D eigenvalue weighted by atomic mass is 9.43. The van der Waals surface area contributed by atoms with E-state index in [4.69, 9.17) is 4.74 Å². The van der Waals surface area contributed by atoms with Gasteiger partial charge in [-0.2, -0.15) is 10.4 Å². The number of hydrogen-bond donors (Lipinski definition) is 1. The number of fused-ring (bicyclic) bond motifs is 7. The summed E-state index contributed by atoms with van der Waals surface area (Å²) in [6, 6.07) is 2.20. The molecule has 0 amide bonds. The Hall–Kier alpha value is -1.38. The van der Waals surface area contributed by atoms with E-state index < -0.39 is 0 Å². The molecule has 5 aliphatic carbocycles. The normalized spacial score (nSPS) is 48.6. The molecule has 6 rings (SSSR count). The van der Waals surface area contributed by atoms with Gasteiger partial charge in [-0.3, -0.25) is 4.68 Å². The number of methoxy groups -OCH3 is 1. The summed E-state index contributed by atoms with van der Waals surface area (Å²) in [5, 5.41) is 24.6. The highest BCUT2D eigenvalue weighted by molar-refractivity contribution is 5.22. The second-order valence-corrected chi connectivity index (χ2v) is 13.3. The van der Waals surface area contributed by atoms with Crippen LogP contribution in [-0.4, -0.2) is 33.2 Å². The molecule has 5 aliphatic rings. The minimum Gasteiger partial charge on any atom is -0.390 e. The smallest absolute Gasteiger partial charge is 0.102 e. The van der Waals surface area contributed by atoms with E-state index in [1.807, 2.05) is 18.0 Å². The summed E-state index contributed by atoms with van der Waals surface area (Å²) in [6.07, 6.45) is 16.1. The van der Waals surface area contributed by atoms with Gasteiger partial charge in [0.15, 0.2) is 0 Å². The maximum Gasteiger partial charge on any atom is 0.102 e. The molecular formula is C29H43N3O2. The van der Waals surface area contributed by atoms with E-state index in [0.717, 1.165) is 36.5 Å². The van der Waals surface area contributed by atoms with E-state index in [-0.39, 0.29) is 11.2 Å². The SMILES string of the molecule is CC[C@]12CC[C@]3(O)CC3[C@H]1CC[C@H]1[C@@H]3CC[C@H]([C@](C)(Cn4cc(C#N)cn4)OC)[C@@]3(C)CC[C@@H]12. The second kappa shape index (κ2) is 7.56. The van der Waals surface area contributed by atoms with Crippen LogP contribution in [0.2, 0.25) is 0 Å². The molecule has 1 aromatic rings. The van der Waals surface area contributed by atoms with Crippen LogP contribution in [0.3, 0.4) is 0 Å². The minimum absolute atomic E-state index is 0.288. The zero-order chi connectivity index (χ0) is 23.9. The van der Waals surface area contributed by atoms with Crippen molar-refractivity contribution < 1.29 is 9.84 Å². The van der Waals surface area contributed by atoms with Crippen LogP contribution in [0, 0.1) is 57.7 Å². The number of hydrogen-bond acceptors (Lipinski definition) is 4. The van der Waals surface area contributed by atoms with Crippen LogP contribution in [0.5, 0.6) is 0 Å². The van der Waals surface area contributed by atoms with E-state index in [0.29, 0.717) is 34.8 Å². The van der Waals surface area contributed by atoms with Crippen molar-refractivity contribution in [2.75, 3.05) is 7.11 Å². The third-order valence-electron chi connectivity index (χ3n) is 12.4. The third kappa shape index (κ3) is 3.00. The quantitative estimate of drug-likeness (QED) is 0.617. The van der Waals surface area contributed by atoms with Crippen LogP contribution in [0.1, 0.15) is 90.5 Å². The van der Waals surface area contributed by atoms with Crippen LogP contribution in [-0.2, 0) is 11.3 Å². The third-order valence-corrected chi connectivity index (χ3v) is 12.4. The van der Waals surface area contributed by atoms with E-state index in [2.05, 4.69) is 31.9 Å². The molecule has 5 heteroatoms. The van der Waals surface area contributed by atoms with Gasteiger partial charge in [-0.05, 0) is 117 Å². The van der Waals surface area contributed by atoms with Crippen LogP contribution in [0.4, 0.5) is 0 Å².